The first-order chi connectivity index (χ1) is 10.7. The maximum atomic E-state index is 5.44. The zero-order valence-electron chi connectivity index (χ0n) is 13.7. The number of allylic oxidation sites excluding steroid dienone is 3. The fourth-order valence-electron chi connectivity index (χ4n) is 3.59. The largest absolute Gasteiger partial charge is 0.501 e. The molecule has 3 heteroatoms. The predicted molar refractivity (Wildman–Crippen MR) is 89.0 cm³/mol. The average molecular weight is 299 g/mol. The first-order valence-corrected chi connectivity index (χ1v) is 7.99. The Morgan fingerprint density at radius 2 is 1.86 bits per heavy atom. The second-order valence-corrected chi connectivity index (χ2v) is 6.24. The molecule has 1 aromatic carbocycles. The van der Waals surface area contributed by atoms with E-state index in [0.29, 0.717) is 12.0 Å². The van der Waals surface area contributed by atoms with E-state index in [1.807, 2.05) is 12.1 Å². The van der Waals surface area contributed by atoms with Gasteiger partial charge in [0.2, 0.25) is 0 Å². The van der Waals surface area contributed by atoms with Crippen molar-refractivity contribution in [2.75, 3.05) is 27.8 Å². The van der Waals surface area contributed by atoms with E-state index in [0.717, 1.165) is 30.9 Å². The van der Waals surface area contributed by atoms with Gasteiger partial charge in [0, 0.05) is 12.5 Å². The van der Waals surface area contributed by atoms with E-state index in [1.54, 1.807) is 19.8 Å². The van der Waals surface area contributed by atoms with Crippen molar-refractivity contribution in [1.29, 1.82) is 0 Å². The van der Waals surface area contributed by atoms with Gasteiger partial charge in [-0.3, -0.25) is 4.90 Å². The van der Waals surface area contributed by atoms with Crippen molar-refractivity contribution < 1.29 is 9.47 Å². The van der Waals surface area contributed by atoms with Crippen molar-refractivity contribution in [2.24, 2.45) is 5.92 Å². The first-order valence-electron chi connectivity index (χ1n) is 7.99. The highest BCUT2D eigenvalue weighted by atomic mass is 16.5. The van der Waals surface area contributed by atoms with Crippen molar-refractivity contribution in [1.82, 2.24) is 4.90 Å². The van der Waals surface area contributed by atoms with Gasteiger partial charge in [0.15, 0.2) is 0 Å². The number of ether oxygens (including phenoxy) is 2. The van der Waals surface area contributed by atoms with E-state index in [2.05, 4.69) is 36.2 Å². The molecule has 1 heterocycles. The van der Waals surface area contributed by atoms with E-state index >= 15 is 0 Å². The number of likely N-dealkylation sites (tertiary alicyclic amines) is 1. The molecule has 1 fully saturated rings. The lowest BCUT2D eigenvalue weighted by molar-refractivity contribution is 0.182. The number of nitrogens with zero attached hydrogens (tertiary/aromatic N) is 1. The fraction of sp³-hybridized carbons (Fsp3) is 0.474. The normalized spacial score (nSPS) is 25.0. The van der Waals surface area contributed by atoms with Crippen LogP contribution in [-0.2, 0) is 11.2 Å². The molecule has 0 aromatic heterocycles. The van der Waals surface area contributed by atoms with E-state index in [1.165, 1.54) is 12.0 Å². The van der Waals surface area contributed by atoms with Crippen molar-refractivity contribution in [3.8, 4) is 5.75 Å². The summed E-state index contributed by atoms with van der Waals surface area (Å²) in [7, 11) is 5.72. The van der Waals surface area contributed by atoms with Gasteiger partial charge in [-0.05, 0) is 61.7 Å². The average Bonchev–Trinajstić information content (AvgIpc) is 2.57. The third kappa shape index (κ3) is 3.05. The lowest BCUT2D eigenvalue weighted by Gasteiger charge is -2.41. The van der Waals surface area contributed by atoms with Gasteiger partial charge in [-0.1, -0.05) is 18.2 Å². The van der Waals surface area contributed by atoms with Crippen LogP contribution < -0.4 is 4.74 Å². The molecule has 3 rings (SSSR count). The summed E-state index contributed by atoms with van der Waals surface area (Å²) in [4.78, 5) is 2.48. The number of hydrogen-bond acceptors (Lipinski definition) is 3. The van der Waals surface area contributed by atoms with Gasteiger partial charge in [0.25, 0.3) is 0 Å². The van der Waals surface area contributed by atoms with E-state index < -0.39 is 0 Å². The predicted octanol–water partition coefficient (Wildman–Crippen LogP) is 3.42. The van der Waals surface area contributed by atoms with Gasteiger partial charge in [-0.2, -0.15) is 0 Å². The molecule has 0 amide bonds. The Morgan fingerprint density at radius 3 is 2.55 bits per heavy atom. The van der Waals surface area contributed by atoms with Crippen LogP contribution in [0, 0.1) is 5.92 Å². The number of piperidine rings is 1. The second-order valence-electron chi connectivity index (χ2n) is 6.24. The highest BCUT2D eigenvalue weighted by molar-refractivity contribution is 5.33. The van der Waals surface area contributed by atoms with Crippen LogP contribution in [0.25, 0.3) is 0 Å². The maximum absolute atomic E-state index is 5.44. The molecule has 1 aromatic rings. The Balaban J connectivity index is 1.80. The smallest absolute Gasteiger partial charge is 0.118 e. The molecule has 2 atom stereocenters. The first kappa shape index (κ1) is 15.2. The van der Waals surface area contributed by atoms with Gasteiger partial charge in [-0.15, -0.1) is 0 Å². The molecular formula is C19H25NO2. The second kappa shape index (κ2) is 6.57. The molecule has 118 valence electrons. The molecule has 3 nitrogen and oxygen atoms in total. The summed E-state index contributed by atoms with van der Waals surface area (Å²) in [6, 6.07) is 8.94. The molecule has 0 saturated carbocycles. The summed E-state index contributed by atoms with van der Waals surface area (Å²) in [5, 5.41) is 0. The van der Waals surface area contributed by atoms with Gasteiger partial charge in [0.1, 0.15) is 5.75 Å². The van der Waals surface area contributed by atoms with Gasteiger partial charge in [-0.25, -0.2) is 0 Å². The Labute approximate surface area is 133 Å². The highest BCUT2D eigenvalue weighted by Crippen LogP contribution is 2.36. The third-order valence-corrected chi connectivity index (χ3v) is 4.98. The van der Waals surface area contributed by atoms with Gasteiger partial charge in [0.05, 0.1) is 20.0 Å². The Morgan fingerprint density at radius 1 is 1.09 bits per heavy atom. The number of fused-ring (bicyclic) bond motifs is 1. The minimum atomic E-state index is 0.488. The van der Waals surface area contributed by atoms with Crippen molar-refractivity contribution in [3.05, 3.63) is 53.3 Å². The van der Waals surface area contributed by atoms with Crippen molar-refractivity contribution in [3.63, 3.8) is 0 Å². The number of methoxy groups -OCH3 is 2. The summed E-state index contributed by atoms with van der Waals surface area (Å²) < 4.78 is 10.7. The summed E-state index contributed by atoms with van der Waals surface area (Å²) in [5.74, 6) is 2.67. The van der Waals surface area contributed by atoms with Crippen LogP contribution in [0.2, 0.25) is 0 Å². The van der Waals surface area contributed by atoms with Crippen LogP contribution in [-0.4, -0.2) is 38.8 Å². The van der Waals surface area contributed by atoms with E-state index in [-0.39, 0.29) is 0 Å². The number of benzene rings is 1. The molecule has 0 unspecified atom stereocenters. The number of likely N-dealkylation sites (N-methyl/N-ethyl adjacent to an activating group) is 1. The number of rotatable bonds is 4. The van der Waals surface area contributed by atoms with Crippen LogP contribution in [0.5, 0.6) is 5.75 Å². The minimum absolute atomic E-state index is 0.488. The SMILES string of the molecule is COC1=CC=C2[C@@H](CCN(C)[C@@H]2Cc2ccc(OC)cc2)C1. The summed E-state index contributed by atoms with van der Waals surface area (Å²) >= 11 is 0. The van der Waals surface area contributed by atoms with Gasteiger partial charge < -0.3 is 9.47 Å². The molecule has 1 aliphatic carbocycles. The molecule has 1 saturated heterocycles. The highest BCUT2D eigenvalue weighted by Gasteiger charge is 2.33. The quantitative estimate of drug-likeness (QED) is 0.850. The van der Waals surface area contributed by atoms with Crippen LogP contribution in [0.1, 0.15) is 18.4 Å². The van der Waals surface area contributed by atoms with Crippen LogP contribution in [0.15, 0.2) is 47.7 Å². The molecule has 1 aliphatic heterocycles. The topological polar surface area (TPSA) is 21.7 Å². The van der Waals surface area contributed by atoms with Gasteiger partial charge >= 0.3 is 0 Å². The Kier molecular flexibility index (Phi) is 4.53. The lowest BCUT2D eigenvalue weighted by atomic mass is 9.78. The standard InChI is InChI=1S/C19H25NO2/c1-20-11-10-15-13-17(22-3)8-9-18(15)19(20)12-14-4-6-16(21-2)7-5-14/h4-9,15,19H,10-13H2,1-3H3/t15-,19+/m0/s1. The van der Waals surface area contributed by atoms with Crippen LogP contribution in [0.4, 0.5) is 0 Å². The number of hydrogen-bond donors (Lipinski definition) is 0. The zero-order chi connectivity index (χ0) is 15.5. The lowest BCUT2D eigenvalue weighted by Crippen LogP contribution is -2.43. The van der Waals surface area contributed by atoms with Crippen molar-refractivity contribution >= 4 is 0 Å². The Bertz CT molecular complexity index is 574. The molecule has 0 N–H and O–H groups in total. The van der Waals surface area contributed by atoms with E-state index in [9.17, 15) is 0 Å². The summed E-state index contributed by atoms with van der Waals surface area (Å²) in [6.45, 7) is 1.15. The minimum Gasteiger partial charge on any atom is -0.501 e. The maximum Gasteiger partial charge on any atom is 0.118 e. The van der Waals surface area contributed by atoms with Crippen LogP contribution in [0.3, 0.4) is 0 Å². The fourth-order valence-corrected chi connectivity index (χ4v) is 3.59. The summed E-state index contributed by atoms with van der Waals surface area (Å²) in [5.41, 5.74) is 2.92. The summed E-state index contributed by atoms with van der Waals surface area (Å²) in [6.07, 6.45) is 7.76. The Hall–Kier alpha value is -1.74. The molecule has 0 radical (unpaired) electrons. The van der Waals surface area contributed by atoms with E-state index in [4.69, 9.17) is 9.47 Å². The molecule has 2 aliphatic rings. The van der Waals surface area contributed by atoms with Crippen LogP contribution >= 0.6 is 0 Å². The third-order valence-electron chi connectivity index (χ3n) is 4.98. The molecule has 0 bridgehead atoms. The molecular weight excluding hydrogens is 274 g/mol. The zero-order valence-corrected chi connectivity index (χ0v) is 13.7. The molecule has 22 heavy (non-hydrogen) atoms. The molecule has 0 spiro atoms. The monoisotopic (exact) mass is 299 g/mol. The van der Waals surface area contributed by atoms with Crippen molar-refractivity contribution in [2.45, 2.75) is 25.3 Å².